The summed E-state index contributed by atoms with van der Waals surface area (Å²) in [6.07, 6.45) is 0. The standard InChI is InChI=1S/C22H18N2O4S/c1-2-28-16-8-6-15(7-9-16)24-21(26)18-10-5-14(12-19(18)22(24)27)20(25)23-13-17-4-3-11-29-17/h3-12H,2,13H2,1H3,(H,23,25). The van der Waals surface area contributed by atoms with E-state index in [0.29, 0.717) is 35.7 Å². The van der Waals surface area contributed by atoms with Gasteiger partial charge in [0, 0.05) is 10.4 Å². The van der Waals surface area contributed by atoms with Gasteiger partial charge in [-0.15, -0.1) is 11.3 Å². The molecule has 0 radical (unpaired) electrons. The van der Waals surface area contributed by atoms with Crippen molar-refractivity contribution in [1.82, 2.24) is 5.32 Å². The van der Waals surface area contributed by atoms with Crippen LogP contribution >= 0.6 is 11.3 Å². The largest absolute Gasteiger partial charge is 0.494 e. The zero-order valence-electron chi connectivity index (χ0n) is 15.7. The Labute approximate surface area is 171 Å². The summed E-state index contributed by atoms with van der Waals surface area (Å²) in [5, 5.41) is 4.77. The molecule has 1 aromatic heterocycles. The molecule has 146 valence electrons. The summed E-state index contributed by atoms with van der Waals surface area (Å²) in [5.74, 6) is -0.472. The maximum atomic E-state index is 12.9. The van der Waals surface area contributed by atoms with Crippen molar-refractivity contribution < 1.29 is 19.1 Å². The summed E-state index contributed by atoms with van der Waals surface area (Å²) >= 11 is 1.55. The number of rotatable bonds is 6. The highest BCUT2D eigenvalue weighted by Crippen LogP contribution is 2.30. The van der Waals surface area contributed by atoms with Gasteiger partial charge < -0.3 is 10.1 Å². The van der Waals surface area contributed by atoms with Crippen molar-refractivity contribution in [3.05, 3.63) is 81.5 Å². The molecule has 1 aliphatic heterocycles. The predicted molar refractivity (Wildman–Crippen MR) is 111 cm³/mol. The van der Waals surface area contributed by atoms with Crippen LogP contribution < -0.4 is 15.0 Å². The number of fused-ring (bicyclic) bond motifs is 1. The maximum Gasteiger partial charge on any atom is 0.266 e. The van der Waals surface area contributed by atoms with E-state index in [1.807, 2.05) is 24.4 Å². The highest BCUT2D eigenvalue weighted by Gasteiger charge is 2.37. The molecule has 0 unspecified atom stereocenters. The van der Waals surface area contributed by atoms with Gasteiger partial charge in [-0.2, -0.15) is 0 Å². The number of hydrogen-bond donors (Lipinski definition) is 1. The molecule has 0 saturated carbocycles. The van der Waals surface area contributed by atoms with Crippen LogP contribution in [0.1, 0.15) is 42.9 Å². The van der Waals surface area contributed by atoms with Crippen LogP contribution in [-0.2, 0) is 6.54 Å². The quantitative estimate of drug-likeness (QED) is 0.631. The Morgan fingerprint density at radius 1 is 1.03 bits per heavy atom. The molecule has 0 spiro atoms. The van der Waals surface area contributed by atoms with Crippen LogP contribution in [0.2, 0.25) is 0 Å². The smallest absolute Gasteiger partial charge is 0.266 e. The number of carbonyl (C=O) groups is 3. The number of nitrogens with zero attached hydrogens (tertiary/aromatic N) is 1. The van der Waals surface area contributed by atoms with Gasteiger partial charge in [0.2, 0.25) is 0 Å². The van der Waals surface area contributed by atoms with Crippen LogP contribution in [0.5, 0.6) is 5.75 Å². The molecule has 2 heterocycles. The molecule has 3 aromatic rings. The average Bonchev–Trinajstić information content (AvgIpc) is 3.34. The third-order valence-corrected chi connectivity index (χ3v) is 5.43. The zero-order chi connectivity index (χ0) is 20.4. The Morgan fingerprint density at radius 3 is 2.48 bits per heavy atom. The predicted octanol–water partition coefficient (Wildman–Crippen LogP) is 3.88. The lowest BCUT2D eigenvalue weighted by molar-refractivity contribution is 0.0923. The van der Waals surface area contributed by atoms with E-state index < -0.39 is 11.8 Å². The average molecular weight is 406 g/mol. The molecular formula is C22H18N2O4S. The summed E-state index contributed by atoms with van der Waals surface area (Å²) in [5.41, 5.74) is 1.32. The van der Waals surface area contributed by atoms with E-state index in [4.69, 9.17) is 4.74 Å². The van der Waals surface area contributed by atoms with Crippen LogP contribution in [0.4, 0.5) is 5.69 Å². The fraction of sp³-hybridized carbons (Fsp3) is 0.136. The van der Waals surface area contributed by atoms with Gasteiger partial charge in [-0.1, -0.05) is 6.07 Å². The second-order valence-corrected chi connectivity index (χ2v) is 7.43. The lowest BCUT2D eigenvalue weighted by Gasteiger charge is -2.14. The molecule has 0 bridgehead atoms. The molecular weight excluding hydrogens is 388 g/mol. The van der Waals surface area contributed by atoms with Crippen molar-refractivity contribution in [3.63, 3.8) is 0 Å². The number of amides is 3. The fourth-order valence-corrected chi connectivity index (χ4v) is 3.80. The van der Waals surface area contributed by atoms with Gasteiger partial charge >= 0.3 is 0 Å². The summed E-state index contributed by atoms with van der Waals surface area (Å²) in [4.78, 5) is 40.2. The lowest BCUT2D eigenvalue weighted by atomic mass is 10.1. The summed E-state index contributed by atoms with van der Waals surface area (Å²) < 4.78 is 5.40. The molecule has 6 nitrogen and oxygen atoms in total. The highest BCUT2D eigenvalue weighted by molar-refractivity contribution is 7.09. The van der Waals surface area contributed by atoms with E-state index in [0.717, 1.165) is 9.78 Å². The molecule has 2 aromatic carbocycles. The Bertz CT molecular complexity index is 1070. The molecule has 0 fully saturated rings. The van der Waals surface area contributed by atoms with Crippen LogP contribution in [0, 0.1) is 0 Å². The third kappa shape index (κ3) is 3.64. The number of anilines is 1. The minimum Gasteiger partial charge on any atom is -0.494 e. The number of benzene rings is 2. The molecule has 4 rings (SSSR count). The molecule has 1 N–H and O–H groups in total. The van der Waals surface area contributed by atoms with Gasteiger partial charge in [0.15, 0.2) is 0 Å². The van der Waals surface area contributed by atoms with Gasteiger partial charge in [0.05, 0.1) is 30.0 Å². The van der Waals surface area contributed by atoms with E-state index in [-0.39, 0.29) is 11.5 Å². The fourth-order valence-electron chi connectivity index (χ4n) is 3.16. The summed E-state index contributed by atoms with van der Waals surface area (Å²) in [6, 6.07) is 15.2. The minimum atomic E-state index is -0.443. The van der Waals surface area contributed by atoms with E-state index in [2.05, 4.69) is 5.32 Å². The van der Waals surface area contributed by atoms with E-state index >= 15 is 0 Å². The van der Waals surface area contributed by atoms with Crippen molar-refractivity contribution in [2.75, 3.05) is 11.5 Å². The van der Waals surface area contributed by atoms with Gasteiger partial charge in [-0.3, -0.25) is 14.4 Å². The number of carbonyl (C=O) groups excluding carboxylic acids is 3. The molecule has 0 saturated heterocycles. The Balaban J connectivity index is 1.55. The van der Waals surface area contributed by atoms with Crippen LogP contribution in [0.3, 0.4) is 0 Å². The van der Waals surface area contributed by atoms with Gasteiger partial charge in [0.25, 0.3) is 17.7 Å². The highest BCUT2D eigenvalue weighted by atomic mass is 32.1. The summed E-state index contributed by atoms with van der Waals surface area (Å²) in [6.45, 7) is 2.83. The number of hydrogen-bond acceptors (Lipinski definition) is 5. The lowest BCUT2D eigenvalue weighted by Crippen LogP contribution is -2.29. The SMILES string of the molecule is CCOc1ccc(N2C(=O)c3ccc(C(=O)NCc4cccs4)cc3C2=O)cc1. The first-order valence-corrected chi connectivity index (χ1v) is 10.0. The van der Waals surface area contributed by atoms with E-state index in [1.165, 1.54) is 12.1 Å². The molecule has 0 aliphatic carbocycles. The van der Waals surface area contributed by atoms with Crippen LogP contribution in [-0.4, -0.2) is 24.3 Å². The van der Waals surface area contributed by atoms with Crippen molar-refractivity contribution in [3.8, 4) is 5.75 Å². The molecule has 7 heteroatoms. The topological polar surface area (TPSA) is 75.7 Å². The second-order valence-electron chi connectivity index (χ2n) is 6.40. The number of nitrogens with one attached hydrogen (secondary N) is 1. The molecule has 1 aliphatic rings. The number of imide groups is 1. The molecule has 3 amide bonds. The third-order valence-electron chi connectivity index (χ3n) is 4.56. The van der Waals surface area contributed by atoms with E-state index in [1.54, 1.807) is 41.7 Å². The minimum absolute atomic E-state index is 0.229. The van der Waals surface area contributed by atoms with Crippen molar-refractivity contribution in [1.29, 1.82) is 0 Å². The molecule has 29 heavy (non-hydrogen) atoms. The van der Waals surface area contributed by atoms with Gasteiger partial charge in [-0.25, -0.2) is 4.90 Å². The summed E-state index contributed by atoms with van der Waals surface area (Å²) in [7, 11) is 0. The Hall–Kier alpha value is -3.45. The zero-order valence-corrected chi connectivity index (χ0v) is 16.5. The van der Waals surface area contributed by atoms with Crippen molar-refractivity contribution in [2.45, 2.75) is 13.5 Å². The van der Waals surface area contributed by atoms with Crippen molar-refractivity contribution in [2.24, 2.45) is 0 Å². The second kappa shape index (κ2) is 7.89. The number of ether oxygens (including phenoxy) is 1. The Morgan fingerprint density at radius 2 is 1.79 bits per heavy atom. The Kier molecular flexibility index (Phi) is 5.14. The normalized spacial score (nSPS) is 12.8. The van der Waals surface area contributed by atoms with Crippen LogP contribution in [0.25, 0.3) is 0 Å². The first kappa shape index (κ1) is 18.9. The monoisotopic (exact) mass is 406 g/mol. The number of thiophene rings is 1. The molecule has 0 atom stereocenters. The van der Waals surface area contributed by atoms with E-state index in [9.17, 15) is 14.4 Å². The van der Waals surface area contributed by atoms with Gasteiger partial charge in [0.1, 0.15) is 5.75 Å². The maximum absolute atomic E-state index is 12.9. The van der Waals surface area contributed by atoms with Crippen LogP contribution in [0.15, 0.2) is 60.0 Å². The van der Waals surface area contributed by atoms with Crippen molar-refractivity contribution >= 4 is 34.7 Å². The first-order chi connectivity index (χ1) is 14.1. The van der Waals surface area contributed by atoms with Gasteiger partial charge in [-0.05, 0) is 60.8 Å². The first-order valence-electron chi connectivity index (χ1n) is 9.14.